The number of hydrogen-bond donors (Lipinski definition) is 2. The maximum absolute atomic E-state index is 15.0. The average molecular weight is 652 g/mol. The first-order valence-corrected chi connectivity index (χ1v) is 16.7. The molecule has 2 aliphatic heterocycles. The van der Waals surface area contributed by atoms with E-state index in [2.05, 4.69) is 37.3 Å². The summed E-state index contributed by atoms with van der Waals surface area (Å²) >= 11 is 0. The number of aromatic nitrogens is 2. The Hall–Kier alpha value is -4.64. The molecular formula is C37H42FN7O3. The summed E-state index contributed by atoms with van der Waals surface area (Å²) in [6.45, 7) is 7.34. The third-order valence-electron chi connectivity index (χ3n) is 10.1. The molecule has 250 valence electrons. The largest absolute Gasteiger partial charge is 0.374 e. The van der Waals surface area contributed by atoms with Crippen LogP contribution in [0.25, 0.3) is 17.0 Å². The predicted octanol–water partition coefficient (Wildman–Crippen LogP) is 5.06. The van der Waals surface area contributed by atoms with Crippen LogP contribution in [0.15, 0.2) is 70.8 Å². The number of nitrogens with one attached hydrogen (secondary N) is 2. The van der Waals surface area contributed by atoms with E-state index in [0.717, 1.165) is 59.6 Å². The van der Waals surface area contributed by atoms with Crippen LogP contribution in [0.1, 0.15) is 54.7 Å². The molecule has 2 aliphatic carbocycles. The number of rotatable bonds is 11. The van der Waals surface area contributed by atoms with Crippen molar-refractivity contribution in [3.8, 4) is 11.3 Å². The molecule has 3 aromatic rings. The van der Waals surface area contributed by atoms with Gasteiger partial charge < -0.3 is 20.3 Å². The van der Waals surface area contributed by atoms with Crippen molar-refractivity contribution >= 4 is 35.8 Å². The molecule has 0 radical (unpaired) electrons. The molecule has 4 atom stereocenters. The van der Waals surface area contributed by atoms with E-state index < -0.39 is 17.6 Å². The molecule has 2 saturated carbocycles. The Kier molecular flexibility index (Phi) is 8.49. The second-order valence-electron chi connectivity index (χ2n) is 13.5. The number of likely N-dealkylation sites (tertiary alicyclic amines) is 1. The van der Waals surface area contributed by atoms with Crippen LogP contribution in [0.3, 0.4) is 0 Å². The number of carbonyl (C=O) groups excluding carboxylic acids is 2. The minimum Gasteiger partial charge on any atom is -0.374 e. The Balaban J connectivity index is 1.17. The molecule has 2 bridgehead atoms. The molecule has 0 unspecified atom stereocenters. The summed E-state index contributed by atoms with van der Waals surface area (Å²) in [6.07, 6.45) is 7.12. The molecule has 2 aromatic carbocycles. The smallest absolute Gasteiger partial charge is 0.258 e. The molecule has 11 heteroatoms. The van der Waals surface area contributed by atoms with Gasteiger partial charge in [-0.2, -0.15) is 5.10 Å². The van der Waals surface area contributed by atoms with Crippen LogP contribution in [0.4, 0.5) is 10.1 Å². The second-order valence-corrected chi connectivity index (χ2v) is 13.5. The van der Waals surface area contributed by atoms with E-state index in [4.69, 9.17) is 4.74 Å². The highest BCUT2D eigenvalue weighted by molar-refractivity contribution is 6.01. The molecular weight excluding hydrogens is 609 g/mol. The van der Waals surface area contributed by atoms with Gasteiger partial charge in [0.1, 0.15) is 11.9 Å². The van der Waals surface area contributed by atoms with E-state index in [1.54, 1.807) is 7.05 Å². The van der Waals surface area contributed by atoms with Crippen LogP contribution in [-0.4, -0.2) is 83.1 Å². The quantitative estimate of drug-likeness (QED) is 0.223. The van der Waals surface area contributed by atoms with Crippen molar-refractivity contribution in [2.24, 2.45) is 23.0 Å². The lowest BCUT2D eigenvalue weighted by molar-refractivity contribution is -0.131. The number of amidine groups is 1. The summed E-state index contributed by atoms with van der Waals surface area (Å²) in [5, 5.41) is 10.2. The summed E-state index contributed by atoms with van der Waals surface area (Å²) in [6, 6.07) is 14.7. The monoisotopic (exact) mass is 651 g/mol. The van der Waals surface area contributed by atoms with Gasteiger partial charge in [-0.25, -0.2) is 4.39 Å². The van der Waals surface area contributed by atoms with Crippen molar-refractivity contribution in [2.45, 2.75) is 68.8 Å². The van der Waals surface area contributed by atoms with Crippen LogP contribution < -0.4 is 10.6 Å². The third kappa shape index (κ3) is 6.31. The summed E-state index contributed by atoms with van der Waals surface area (Å²) in [7, 11) is 3.66. The lowest BCUT2D eigenvalue weighted by Crippen LogP contribution is -2.51. The Morgan fingerprint density at radius 3 is 2.54 bits per heavy atom. The minimum absolute atomic E-state index is 0.151. The summed E-state index contributed by atoms with van der Waals surface area (Å²) in [5.41, 5.74) is 4.03. The summed E-state index contributed by atoms with van der Waals surface area (Å²) in [4.78, 5) is 38.4. The van der Waals surface area contributed by atoms with Gasteiger partial charge in [-0.3, -0.25) is 24.3 Å². The molecule has 2 saturated heterocycles. The number of ether oxygens (including phenoxy) is 1. The van der Waals surface area contributed by atoms with Crippen molar-refractivity contribution in [1.82, 2.24) is 20.0 Å². The van der Waals surface area contributed by atoms with Crippen LogP contribution in [0.2, 0.25) is 0 Å². The average Bonchev–Trinajstić information content (AvgIpc) is 3.95. The molecule has 4 aliphatic rings. The van der Waals surface area contributed by atoms with Crippen LogP contribution in [-0.2, 0) is 21.4 Å². The normalized spacial score (nSPS) is 22.7. The lowest BCUT2D eigenvalue weighted by Gasteiger charge is -2.29. The first-order chi connectivity index (χ1) is 23.2. The van der Waals surface area contributed by atoms with E-state index in [9.17, 15) is 9.59 Å². The Bertz CT molecular complexity index is 1770. The zero-order valence-corrected chi connectivity index (χ0v) is 27.7. The molecule has 7 rings (SSSR count). The topological polar surface area (TPSA) is 113 Å². The fourth-order valence-corrected chi connectivity index (χ4v) is 7.22. The van der Waals surface area contributed by atoms with Gasteiger partial charge in [0.05, 0.1) is 36.3 Å². The Morgan fingerprint density at radius 1 is 1.19 bits per heavy atom. The van der Waals surface area contributed by atoms with E-state index in [1.807, 2.05) is 79.5 Å². The molecule has 3 heterocycles. The molecule has 1 aromatic heterocycles. The molecule has 0 spiro atoms. The predicted molar refractivity (Wildman–Crippen MR) is 185 cm³/mol. The van der Waals surface area contributed by atoms with E-state index in [-0.39, 0.29) is 36.7 Å². The summed E-state index contributed by atoms with van der Waals surface area (Å²) < 4.78 is 22.6. The second kappa shape index (κ2) is 12.8. The van der Waals surface area contributed by atoms with Crippen molar-refractivity contribution in [2.75, 3.05) is 25.5 Å². The first kappa shape index (κ1) is 31.9. The van der Waals surface area contributed by atoms with Gasteiger partial charge >= 0.3 is 0 Å². The first-order valence-electron chi connectivity index (χ1n) is 16.7. The number of anilines is 1. The van der Waals surface area contributed by atoms with Crippen molar-refractivity contribution in [1.29, 1.82) is 0 Å². The fraction of sp³-hybridized carbons (Fsp3) is 0.432. The highest BCUT2D eigenvalue weighted by atomic mass is 19.1. The highest BCUT2D eigenvalue weighted by Crippen LogP contribution is 2.46. The number of aryl methyl sites for hydroxylation is 2. The zero-order chi connectivity index (χ0) is 33.6. The summed E-state index contributed by atoms with van der Waals surface area (Å²) in [5.74, 6) is -0.511. The minimum atomic E-state index is -1.92. The molecule has 2 amide bonds. The van der Waals surface area contributed by atoms with Gasteiger partial charge in [0, 0.05) is 49.4 Å². The zero-order valence-electron chi connectivity index (χ0n) is 27.7. The van der Waals surface area contributed by atoms with E-state index >= 15 is 4.39 Å². The van der Waals surface area contributed by atoms with Crippen LogP contribution in [0.5, 0.6) is 0 Å². The maximum atomic E-state index is 15.0. The Morgan fingerprint density at radius 2 is 1.96 bits per heavy atom. The van der Waals surface area contributed by atoms with Crippen LogP contribution in [0, 0.1) is 12.8 Å². The molecule has 48 heavy (non-hydrogen) atoms. The van der Waals surface area contributed by atoms with Gasteiger partial charge in [-0.1, -0.05) is 30.3 Å². The number of halogens is 1. The van der Waals surface area contributed by atoms with Gasteiger partial charge in [0.2, 0.25) is 5.91 Å². The lowest BCUT2D eigenvalue weighted by atomic mass is 9.85. The molecule has 4 fully saturated rings. The van der Waals surface area contributed by atoms with Gasteiger partial charge in [-0.15, -0.1) is 0 Å². The SMILES string of the molecule is C=N/C(=C\C(=N/C)N1C[C@@H]2C[C@H]1CO2)c1cccc([C@@H](C2CC2)[C@H](NC(=O)C2(F)CC2)C(=O)Nc2ccc(-c3c(C)cnn3C)cc2)c1. The molecule has 2 N–H and O–H groups in total. The van der Waals surface area contributed by atoms with Gasteiger partial charge in [0.15, 0.2) is 5.67 Å². The maximum Gasteiger partial charge on any atom is 0.258 e. The number of fused-ring (bicyclic) bond motifs is 2. The number of benzene rings is 2. The van der Waals surface area contributed by atoms with Crippen molar-refractivity contribution < 1.29 is 18.7 Å². The number of alkyl halides is 1. The number of amides is 2. The van der Waals surface area contributed by atoms with Gasteiger partial charge in [0.25, 0.3) is 5.91 Å². The number of hydrogen-bond acceptors (Lipinski definition) is 6. The Labute approximate surface area is 280 Å². The number of carbonyl (C=O) groups is 2. The standard InChI is InChI=1S/C37H42FN7O3/c1-22-19-41-44(4)34(22)24-10-12-27(13-11-24)42-35(46)33(43-36(47)37(38)14-15-37)32(23-8-9-23)26-7-5-6-25(16-26)30(39-2)18-31(40-3)45-20-29-17-28(45)21-48-29/h5-7,10-13,16,18-19,23,28-29,32-33H,2,8-9,14-15,17,20-21H2,1,3-4H3,(H,42,46)(H,43,47)/b30-18-,40-31+/t28-,29-,32+,33-/m0/s1. The molecule has 10 nitrogen and oxygen atoms in total. The van der Waals surface area contributed by atoms with Crippen LogP contribution >= 0.6 is 0 Å². The van der Waals surface area contributed by atoms with E-state index in [1.165, 1.54) is 0 Å². The van der Waals surface area contributed by atoms with Gasteiger partial charge in [-0.05, 0) is 81.0 Å². The van der Waals surface area contributed by atoms with Crippen molar-refractivity contribution in [3.05, 3.63) is 77.5 Å². The number of morpholine rings is 1. The third-order valence-corrected chi connectivity index (χ3v) is 10.1. The van der Waals surface area contributed by atoms with Crippen molar-refractivity contribution in [3.63, 3.8) is 0 Å². The number of nitrogens with zero attached hydrogens (tertiary/aromatic N) is 5. The van der Waals surface area contributed by atoms with E-state index in [0.29, 0.717) is 24.0 Å². The fourth-order valence-electron chi connectivity index (χ4n) is 7.22. The number of aliphatic imine (C=N–C) groups is 2. The highest BCUT2D eigenvalue weighted by Gasteiger charge is 2.53.